The van der Waals surface area contributed by atoms with Crippen molar-refractivity contribution < 1.29 is 14.6 Å². The Hall–Kier alpha value is -1.55. The van der Waals surface area contributed by atoms with Gasteiger partial charge in [0.2, 0.25) is 0 Å². The van der Waals surface area contributed by atoms with Crippen LogP contribution in [0.3, 0.4) is 0 Å². The smallest absolute Gasteiger partial charge is 0.407 e. The van der Waals surface area contributed by atoms with Crippen LogP contribution < -0.4 is 5.32 Å². The van der Waals surface area contributed by atoms with Gasteiger partial charge < -0.3 is 15.2 Å². The Bertz CT molecular complexity index is 479. The highest BCUT2D eigenvalue weighted by Gasteiger charge is 2.27. The number of rotatable bonds is 1. The minimum absolute atomic E-state index is 0.266. The van der Waals surface area contributed by atoms with Gasteiger partial charge in [-0.05, 0) is 44.7 Å². The average Bonchev–Trinajstić information content (AvgIpc) is 2.47. The second-order valence-corrected chi connectivity index (χ2v) is 6.33. The Kier molecular flexibility index (Phi) is 4.33. The summed E-state index contributed by atoms with van der Waals surface area (Å²) in [4.78, 5) is 11.8. The van der Waals surface area contributed by atoms with Crippen LogP contribution in [0.5, 0.6) is 0 Å². The zero-order chi connectivity index (χ0) is 14.8. The lowest BCUT2D eigenvalue weighted by molar-refractivity contribution is 0.0419. The number of alkyl carbamates (subject to hydrolysis) is 1. The summed E-state index contributed by atoms with van der Waals surface area (Å²) in [6, 6.07) is 7.84. The van der Waals surface area contributed by atoms with Gasteiger partial charge in [0.15, 0.2) is 0 Å². The molecule has 0 aliphatic heterocycles. The molecule has 0 spiro atoms. The number of ether oxygens (including phenoxy) is 1. The number of hydrogen-bond acceptors (Lipinski definition) is 3. The molecule has 0 aromatic heterocycles. The first-order chi connectivity index (χ1) is 9.35. The third-order valence-electron chi connectivity index (χ3n) is 3.44. The Morgan fingerprint density at radius 2 is 1.95 bits per heavy atom. The van der Waals surface area contributed by atoms with Crippen molar-refractivity contribution in [3.05, 3.63) is 35.4 Å². The maximum Gasteiger partial charge on any atom is 0.407 e. The number of aryl methyl sites for hydroxylation is 1. The predicted molar refractivity (Wildman–Crippen MR) is 77.6 cm³/mol. The van der Waals surface area contributed by atoms with E-state index >= 15 is 0 Å². The van der Waals surface area contributed by atoms with E-state index in [4.69, 9.17) is 4.74 Å². The highest BCUT2D eigenvalue weighted by Crippen LogP contribution is 2.21. The van der Waals surface area contributed by atoms with Gasteiger partial charge in [0.1, 0.15) is 5.60 Å². The molecule has 1 aromatic rings. The van der Waals surface area contributed by atoms with Gasteiger partial charge in [-0.3, -0.25) is 0 Å². The molecular weight excluding hydrogens is 254 g/mol. The van der Waals surface area contributed by atoms with Gasteiger partial charge in [0.05, 0.1) is 12.1 Å². The van der Waals surface area contributed by atoms with Crippen LogP contribution >= 0.6 is 0 Å². The lowest BCUT2D eigenvalue weighted by Crippen LogP contribution is -2.45. The lowest BCUT2D eigenvalue weighted by atomic mass is 10.0. The molecule has 0 saturated carbocycles. The van der Waals surface area contributed by atoms with E-state index < -0.39 is 17.8 Å². The number of carbonyl (C=O) groups is 1. The topological polar surface area (TPSA) is 58.6 Å². The first kappa shape index (κ1) is 14.9. The SMILES string of the molecule is CC(C)(C)OC(=O)NC1CCc2ccccc2CC1O. The molecule has 4 heteroatoms. The van der Waals surface area contributed by atoms with Crippen LogP contribution in [0.1, 0.15) is 38.3 Å². The van der Waals surface area contributed by atoms with Crippen molar-refractivity contribution in [1.29, 1.82) is 0 Å². The second kappa shape index (κ2) is 5.83. The number of amides is 1. The van der Waals surface area contributed by atoms with Crippen molar-refractivity contribution >= 4 is 6.09 Å². The van der Waals surface area contributed by atoms with Crippen LogP contribution in [-0.4, -0.2) is 28.9 Å². The van der Waals surface area contributed by atoms with Crippen molar-refractivity contribution in [3.8, 4) is 0 Å². The molecule has 1 aliphatic carbocycles. The van der Waals surface area contributed by atoms with E-state index in [1.807, 2.05) is 39.0 Å². The summed E-state index contributed by atoms with van der Waals surface area (Å²) in [5.41, 5.74) is 1.89. The molecule has 0 radical (unpaired) electrons. The zero-order valence-electron chi connectivity index (χ0n) is 12.3. The molecule has 2 N–H and O–H groups in total. The summed E-state index contributed by atoms with van der Waals surface area (Å²) in [6.45, 7) is 5.48. The molecule has 1 aromatic carbocycles. The average molecular weight is 277 g/mol. The molecule has 2 rings (SSSR count). The molecule has 1 aliphatic rings. The van der Waals surface area contributed by atoms with E-state index in [-0.39, 0.29) is 6.04 Å². The molecule has 2 unspecified atom stereocenters. The predicted octanol–water partition coefficient (Wildman–Crippen LogP) is 2.43. The van der Waals surface area contributed by atoms with Crippen molar-refractivity contribution in [2.24, 2.45) is 0 Å². The van der Waals surface area contributed by atoms with Gasteiger partial charge in [-0.25, -0.2) is 4.79 Å². The van der Waals surface area contributed by atoms with Gasteiger partial charge in [-0.1, -0.05) is 24.3 Å². The highest BCUT2D eigenvalue weighted by molar-refractivity contribution is 5.68. The monoisotopic (exact) mass is 277 g/mol. The molecule has 0 fully saturated rings. The Morgan fingerprint density at radius 3 is 2.60 bits per heavy atom. The summed E-state index contributed by atoms with van der Waals surface area (Å²) in [5, 5.41) is 13.1. The Labute approximate surface area is 120 Å². The van der Waals surface area contributed by atoms with E-state index in [1.165, 1.54) is 5.56 Å². The van der Waals surface area contributed by atoms with Crippen molar-refractivity contribution in [1.82, 2.24) is 5.32 Å². The number of benzene rings is 1. The summed E-state index contributed by atoms with van der Waals surface area (Å²) in [5.74, 6) is 0. The minimum Gasteiger partial charge on any atom is -0.444 e. The molecular formula is C16H23NO3. The first-order valence-electron chi connectivity index (χ1n) is 7.09. The van der Waals surface area contributed by atoms with Crippen molar-refractivity contribution in [3.63, 3.8) is 0 Å². The fourth-order valence-corrected chi connectivity index (χ4v) is 2.50. The third kappa shape index (κ3) is 3.97. The van der Waals surface area contributed by atoms with Crippen LogP contribution in [0.4, 0.5) is 4.79 Å². The van der Waals surface area contributed by atoms with Gasteiger partial charge in [0.25, 0.3) is 0 Å². The largest absolute Gasteiger partial charge is 0.444 e. The summed E-state index contributed by atoms with van der Waals surface area (Å²) >= 11 is 0. The number of aliphatic hydroxyl groups excluding tert-OH is 1. The fraction of sp³-hybridized carbons (Fsp3) is 0.562. The fourth-order valence-electron chi connectivity index (χ4n) is 2.50. The molecule has 2 atom stereocenters. The van der Waals surface area contributed by atoms with Gasteiger partial charge >= 0.3 is 6.09 Å². The molecule has 1 amide bonds. The number of nitrogens with one attached hydrogen (secondary N) is 1. The van der Waals surface area contributed by atoms with E-state index in [9.17, 15) is 9.90 Å². The molecule has 110 valence electrons. The van der Waals surface area contributed by atoms with Crippen LogP contribution in [-0.2, 0) is 17.6 Å². The standard InChI is InChI=1S/C16H23NO3/c1-16(2,3)20-15(19)17-13-9-8-11-6-4-5-7-12(11)10-14(13)18/h4-7,13-14,18H,8-10H2,1-3H3,(H,17,19). The Balaban J connectivity index is 2.00. The van der Waals surface area contributed by atoms with Gasteiger partial charge in [-0.15, -0.1) is 0 Å². The first-order valence-corrected chi connectivity index (χ1v) is 7.09. The third-order valence-corrected chi connectivity index (χ3v) is 3.44. The number of carbonyl (C=O) groups excluding carboxylic acids is 1. The van der Waals surface area contributed by atoms with Crippen molar-refractivity contribution in [2.75, 3.05) is 0 Å². The molecule has 20 heavy (non-hydrogen) atoms. The number of hydrogen-bond donors (Lipinski definition) is 2. The van der Waals surface area contributed by atoms with Gasteiger partial charge in [0, 0.05) is 6.42 Å². The minimum atomic E-state index is -0.578. The summed E-state index contributed by atoms with van der Waals surface area (Å²) in [6.07, 6.45) is 1.10. The molecule has 0 bridgehead atoms. The van der Waals surface area contributed by atoms with Crippen molar-refractivity contribution in [2.45, 2.75) is 57.8 Å². The molecule has 4 nitrogen and oxygen atoms in total. The van der Waals surface area contributed by atoms with E-state index in [1.54, 1.807) is 0 Å². The van der Waals surface area contributed by atoms with Crippen LogP contribution in [0, 0.1) is 0 Å². The zero-order valence-corrected chi connectivity index (χ0v) is 12.3. The second-order valence-electron chi connectivity index (χ2n) is 6.33. The molecule has 0 heterocycles. The summed E-state index contributed by atoms with van der Waals surface area (Å²) in [7, 11) is 0. The summed E-state index contributed by atoms with van der Waals surface area (Å²) < 4.78 is 5.25. The highest BCUT2D eigenvalue weighted by atomic mass is 16.6. The number of fused-ring (bicyclic) bond motifs is 1. The maximum atomic E-state index is 11.8. The van der Waals surface area contributed by atoms with Crippen LogP contribution in [0.2, 0.25) is 0 Å². The van der Waals surface area contributed by atoms with E-state index in [0.717, 1.165) is 18.4 Å². The Morgan fingerprint density at radius 1 is 1.30 bits per heavy atom. The lowest BCUT2D eigenvalue weighted by Gasteiger charge is -2.25. The molecule has 0 saturated heterocycles. The van der Waals surface area contributed by atoms with Gasteiger partial charge in [-0.2, -0.15) is 0 Å². The van der Waals surface area contributed by atoms with Crippen LogP contribution in [0.15, 0.2) is 24.3 Å². The van der Waals surface area contributed by atoms with Crippen LogP contribution in [0.25, 0.3) is 0 Å². The quantitative estimate of drug-likeness (QED) is 0.775. The van der Waals surface area contributed by atoms with E-state index in [0.29, 0.717) is 6.42 Å². The maximum absolute atomic E-state index is 11.8. The van der Waals surface area contributed by atoms with E-state index in [2.05, 4.69) is 11.4 Å². The normalized spacial score (nSPS) is 22.6. The number of aliphatic hydroxyl groups is 1.